The Morgan fingerprint density at radius 1 is 1.17 bits per heavy atom. The Balaban J connectivity index is 4.06. The molecule has 0 heterocycles. The van der Waals surface area contributed by atoms with Crippen molar-refractivity contribution in [1.29, 1.82) is 0 Å². The fourth-order valence-electron chi connectivity index (χ4n) is 4.96. The van der Waals surface area contributed by atoms with E-state index in [0.717, 1.165) is 5.19 Å². The average Bonchev–Trinajstić information content (AvgIpc) is 2.35. The lowest BCUT2D eigenvalue weighted by atomic mass is 10.1. The van der Waals surface area contributed by atoms with Gasteiger partial charge >= 0.3 is 0 Å². The zero-order chi connectivity index (χ0) is 18.9. The molecule has 24 heavy (non-hydrogen) atoms. The maximum Gasteiger partial charge on any atom is 0.294 e. The number of rotatable bonds is 6. The monoisotopic (exact) mass is 368 g/mol. The van der Waals surface area contributed by atoms with Crippen molar-refractivity contribution in [3.05, 3.63) is 36.4 Å². The van der Waals surface area contributed by atoms with Crippen molar-refractivity contribution < 1.29 is 13.0 Å². The molecule has 0 radical (unpaired) electrons. The minimum Gasteiger partial charge on any atom is -0.282 e. The standard InChI is InChI=1S/C19H32O3SSi/c1-9-11-16-12-10-13-17(18(16)23(20,21)22)24(14(2)3,15(4)5)19(6,7)8/h9-10,12-15H,1,11H2,2-8H3,(H,20,21,22). The van der Waals surface area contributed by atoms with Crippen LogP contribution in [0, 0.1) is 0 Å². The lowest BCUT2D eigenvalue weighted by Crippen LogP contribution is -2.61. The van der Waals surface area contributed by atoms with Crippen molar-refractivity contribution in [2.45, 2.75) is 75.9 Å². The Hall–Kier alpha value is -0.913. The number of hydrogen-bond donors (Lipinski definition) is 1. The molecule has 0 amide bonds. The van der Waals surface area contributed by atoms with Gasteiger partial charge in [-0.25, -0.2) is 0 Å². The van der Waals surface area contributed by atoms with Gasteiger partial charge in [0, 0.05) is 0 Å². The molecular weight excluding hydrogens is 336 g/mol. The molecule has 0 aliphatic rings. The summed E-state index contributed by atoms with van der Waals surface area (Å²) in [6.45, 7) is 19.1. The minimum absolute atomic E-state index is 0.0540. The van der Waals surface area contributed by atoms with Crippen molar-refractivity contribution in [3.8, 4) is 0 Å². The van der Waals surface area contributed by atoms with Crippen LogP contribution in [0.4, 0.5) is 0 Å². The first-order chi connectivity index (χ1) is 10.8. The lowest BCUT2D eigenvalue weighted by Gasteiger charge is -2.50. The van der Waals surface area contributed by atoms with Gasteiger partial charge in [0.05, 0.1) is 13.0 Å². The SMILES string of the molecule is C=CCc1cccc([Si](C(C)C)(C(C)C)C(C)(C)C)c1S(=O)(=O)O. The van der Waals surface area contributed by atoms with Crippen LogP contribution in [0.2, 0.25) is 16.1 Å². The summed E-state index contributed by atoms with van der Waals surface area (Å²) >= 11 is 0. The van der Waals surface area contributed by atoms with Gasteiger partial charge in [0.1, 0.15) is 0 Å². The Morgan fingerprint density at radius 3 is 2.00 bits per heavy atom. The molecule has 0 aliphatic carbocycles. The first-order valence-corrected chi connectivity index (χ1v) is 12.1. The summed E-state index contributed by atoms with van der Waals surface area (Å²) in [5, 5.41) is 0.795. The summed E-state index contributed by atoms with van der Waals surface area (Å²) in [7, 11) is -6.63. The number of benzene rings is 1. The van der Waals surface area contributed by atoms with Gasteiger partial charge in [0.2, 0.25) is 0 Å². The summed E-state index contributed by atoms with van der Waals surface area (Å²) in [5.74, 6) is 0. The second-order valence-electron chi connectivity index (χ2n) is 8.19. The number of hydrogen-bond acceptors (Lipinski definition) is 2. The molecule has 0 unspecified atom stereocenters. The molecular formula is C19H32O3SSi. The Morgan fingerprint density at radius 2 is 1.67 bits per heavy atom. The molecule has 1 aromatic rings. The van der Waals surface area contributed by atoms with Crippen molar-refractivity contribution in [2.75, 3.05) is 0 Å². The molecule has 136 valence electrons. The van der Waals surface area contributed by atoms with Gasteiger partial charge in [0.15, 0.2) is 0 Å². The smallest absolute Gasteiger partial charge is 0.282 e. The molecule has 5 heteroatoms. The van der Waals surface area contributed by atoms with Crippen molar-refractivity contribution in [1.82, 2.24) is 0 Å². The first kappa shape index (κ1) is 21.1. The third kappa shape index (κ3) is 3.53. The van der Waals surface area contributed by atoms with E-state index < -0.39 is 18.2 Å². The van der Waals surface area contributed by atoms with Gasteiger partial charge in [-0.15, -0.1) is 6.58 Å². The van der Waals surface area contributed by atoms with Crippen LogP contribution in [0.3, 0.4) is 0 Å². The highest BCUT2D eigenvalue weighted by molar-refractivity contribution is 7.86. The molecule has 0 spiro atoms. The molecule has 1 N–H and O–H groups in total. The van der Waals surface area contributed by atoms with Crippen LogP contribution in [-0.2, 0) is 16.5 Å². The van der Waals surface area contributed by atoms with Crippen molar-refractivity contribution in [2.24, 2.45) is 0 Å². The van der Waals surface area contributed by atoms with Gasteiger partial charge in [-0.05, 0) is 33.3 Å². The van der Waals surface area contributed by atoms with Crippen LogP contribution in [0.15, 0.2) is 35.7 Å². The summed E-state index contributed by atoms with van der Waals surface area (Å²) in [6.07, 6.45) is 2.10. The van der Waals surface area contributed by atoms with Crippen LogP contribution in [0.1, 0.15) is 54.0 Å². The fraction of sp³-hybridized carbons (Fsp3) is 0.579. The van der Waals surface area contributed by atoms with E-state index >= 15 is 0 Å². The largest absolute Gasteiger partial charge is 0.294 e. The molecule has 3 nitrogen and oxygen atoms in total. The minimum atomic E-state index is -4.31. The second kappa shape index (κ2) is 7.14. The molecule has 1 rings (SSSR count). The Kier molecular flexibility index (Phi) is 6.29. The summed E-state index contributed by atoms with van der Waals surface area (Å²) in [4.78, 5) is 0.119. The number of allylic oxidation sites excluding steroid dienone is 1. The van der Waals surface area contributed by atoms with Crippen LogP contribution in [-0.4, -0.2) is 21.0 Å². The molecule has 1 aromatic carbocycles. The van der Waals surface area contributed by atoms with E-state index in [1.54, 1.807) is 12.1 Å². The summed E-state index contributed by atoms with van der Waals surface area (Å²) < 4.78 is 34.7. The molecule has 0 aromatic heterocycles. The lowest BCUT2D eigenvalue weighted by molar-refractivity contribution is 0.483. The van der Waals surface area contributed by atoms with Crippen LogP contribution in [0.5, 0.6) is 0 Å². The zero-order valence-corrected chi connectivity index (χ0v) is 17.9. The highest BCUT2D eigenvalue weighted by Crippen LogP contribution is 2.50. The van der Waals surface area contributed by atoms with Gasteiger partial charge in [0.25, 0.3) is 10.1 Å². The van der Waals surface area contributed by atoms with E-state index in [9.17, 15) is 13.0 Å². The second-order valence-corrected chi connectivity index (χ2v) is 15.6. The summed E-state index contributed by atoms with van der Waals surface area (Å²) in [5.41, 5.74) is 1.29. The molecule has 0 bridgehead atoms. The van der Waals surface area contributed by atoms with E-state index in [1.807, 2.05) is 12.1 Å². The van der Waals surface area contributed by atoms with Gasteiger partial charge in [-0.2, -0.15) is 8.42 Å². The van der Waals surface area contributed by atoms with Crippen molar-refractivity contribution in [3.63, 3.8) is 0 Å². The molecule has 0 fully saturated rings. The predicted molar refractivity (Wildman–Crippen MR) is 105 cm³/mol. The van der Waals surface area contributed by atoms with Crippen molar-refractivity contribution >= 4 is 23.4 Å². The van der Waals surface area contributed by atoms with E-state index in [4.69, 9.17) is 0 Å². The highest BCUT2D eigenvalue weighted by atomic mass is 32.2. The normalized spacial score (nSPS) is 13.6. The van der Waals surface area contributed by atoms with E-state index in [2.05, 4.69) is 55.0 Å². The third-order valence-corrected chi connectivity index (χ3v) is 13.8. The molecule has 0 aliphatic heterocycles. The van der Waals surface area contributed by atoms with E-state index in [0.29, 0.717) is 23.1 Å². The zero-order valence-electron chi connectivity index (χ0n) is 16.1. The van der Waals surface area contributed by atoms with Gasteiger partial charge < -0.3 is 0 Å². The third-order valence-electron chi connectivity index (χ3n) is 5.23. The van der Waals surface area contributed by atoms with Crippen LogP contribution >= 0.6 is 0 Å². The molecule has 0 saturated carbocycles. The average molecular weight is 369 g/mol. The Labute approximate surface area is 148 Å². The van der Waals surface area contributed by atoms with Gasteiger partial charge in [-0.3, -0.25) is 4.55 Å². The van der Waals surface area contributed by atoms with Gasteiger partial charge in [-0.1, -0.05) is 72.7 Å². The maximum atomic E-state index is 12.3. The van der Waals surface area contributed by atoms with E-state index in [1.165, 1.54) is 0 Å². The summed E-state index contributed by atoms with van der Waals surface area (Å²) in [6, 6.07) is 5.62. The van der Waals surface area contributed by atoms with Crippen LogP contribution in [0.25, 0.3) is 0 Å². The first-order valence-electron chi connectivity index (χ1n) is 8.52. The Bertz CT molecular complexity index is 690. The highest BCUT2D eigenvalue weighted by Gasteiger charge is 2.52. The van der Waals surface area contributed by atoms with Crippen LogP contribution < -0.4 is 5.19 Å². The molecule has 0 atom stereocenters. The topological polar surface area (TPSA) is 54.4 Å². The maximum absolute atomic E-state index is 12.3. The quantitative estimate of drug-likeness (QED) is 0.440. The molecule has 0 saturated heterocycles. The fourth-order valence-corrected chi connectivity index (χ4v) is 14.4. The van der Waals surface area contributed by atoms with E-state index in [-0.39, 0.29) is 9.93 Å². The predicted octanol–water partition coefficient (Wildman–Crippen LogP) is 4.94.